The van der Waals surface area contributed by atoms with E-state index >= 15 is 0 Å². The monoisotopic (exact) mass is 246 g/mol. The van der Waals surface area contributed by atoms with Crippen LogP contribution in [0, 0.1) is 6.92 Å². The molecule has 0 aliphatic heterocycles. The van der Waals surface area contributed by atoms with E-state index in [4.69, 9.17) is 4.42 Å². The third kappa shape index (κ3) is 1.83. The van der Waals surface area contributed by atoms with Crippen molar-refractivity contribution in [1.82, 2.24) is 24.6 Å². The molecule has 0 aliphatic carbocycles. The summed E-state index contributed by atoms with van der Waals surface area (Å²) in [7, 11) is 0. The van der Waals surface area contributed by atoms with Gasteiger partial charge in [-0.1, -0.05) is 0 Å². The molecule has 8 nitrogen and oxygen atoms in total. The van der Waals surface area contributed by atoms with Gasteiger partial charge in [0, 0.05) is 6.07 Å². The van der Waals surface area contributed by atoms with Crippen molar-refractivity contribution in [3.05, 3.63) is 40.7 Å². The standard InChI is InChI=1S/C10H10N6O2/c1-6-3-12-9(18-6)4-11-7-2-8-14-15-10(17)16(8)5-13-7/h2-3,5,11H,4H2,1H3,(H,15,17). The highest BCUT2D eigenvalue weighted by molar-refractivity contribution is 5.48. The van der Waals surface area contributed by atoms with Gasteiger partial charge in [0.1, 0.15) is 17.9 Å². The topological polar surface area (TPSA) is 101 Å². The predicted octanol–water partition coefficient (Wildman–Crippen LogP) is 0.326. The zero-order valence-electron chi connectivity index (χ0n) is 9.54. The molecule has 8 heteroatoms. The zero-order valence-corrected chi connectivity index (χ0v) is 9.54. The van der Waals surface area contributed by atoms with Gasteiger partial charge in [-0.05, 0) is 6.92 Å². The van der Waals surface area contributed by atoms with E-state index in [-0.39, 0.29) is 5.69 Å². The summed E-state index contributed by atoms with van der Waals surface area (Å²) in [6, 6.07) is 1.66. The molecule has 0 saturated heterocycles. The number of nitrogens with zero attached hydrogens (tertiary/aromatic N) is 4. The second-order valence-electron chi connectivity index (χ2n) is 3.75. The molecule has 0 bridgehead atoms. The fraction of sp³-hybridized carbons (Fsp3) is 0.200. The molecule has 3 aromatic rings. The van der Waals surface area contributed by atoms with Crippen molar-refractivity contribution in [3.8, 4) is 0 Å². The molecule has 0 spiro atoms. The van der Waals surface area contributed by atoms with Crippen molar-refractivity contribution in [2.24, 2.45) is 0 Å². The molecule has 3 heterocycles. The second kappa shape index (κ2) is 3.99. The van der Waals surface area contributed by atoms with Crippen LogP contribution in [0.1, 0.15) is 11.7 Å². The number of hydrogen-bond acceptors (Lipinski definition) is 6. The Morgan fingerprint density at radius 2 is 2.39 bits per heavy atom. The second-order valence-corrected chi connectivity index (χ2v) is 3.75. The van der Waals surface area contributed by atoms with Gasteiger partial charge in [-0.15, -0.1) is 0 Å². The van der Waals surface area contributed by atoms with E-state index in [1.807, 2.05) is 6.92 Å². The van der Waals surface area contributed by atoms with Crippen molar-refractivity contribution < 1.29 is 4.42 Å². The van der Waals surface area contributed by atoms with Gasteiger partial charge in [0.15, 0.2) is 5.65 Å². The van der Waals surface area contributed by atoms with Gasteiger partial charge in [0.25, 0.3) is 0 Å². The van der Waals surface area contributed by atoms with E-state index in [0.717, 1.165) is 5.76 Å². The molecule has 92 valence electrons. The van der Waals surface area contributed by atoms with Gasteiger partial charge in [-0.3, -0.25) is 0 Å². The fourth-order valence-electron chi connectivity index (χ4n) is 1.56. The molecule has 0 saturated carbocycles. The Hall–Kier alpha value is -2.64. The minimum Gasteiger partial charge on any atom is -0.444 e. The first-order valence-electron chi connectivity index (χ1n) is 5.30. The predicted molar refractivity (Wildman–Crippen MR) is 62.2 cm³/mol. The van der Waals surface area contributed by atoms with E-state index in [2.05, 4.69) is 25.5 Å². The Bertz CT molecular complexity index is 740. The van der Waals surface area contributed by atoms with Crippen LogP contribution < -0.4 is 11.0 Å². The summed E-state index contributed by atoms with van der Waals surface area (Å²) >= 11 is 0. The molecule has 2 N–H and O–H groups in total. The van der Waals surface area contributed by atoms with Crippen molar-refractivity contribution in [3.63, 3.8) is 0 Å². The van der Waals surface area contributed by atoms with Crippen molar-refractivity contribution in [2.45, 2.75) is 13.5 Å². The normalized spacial score (nSPS) is 10.9. The Morgan fingerprint density at radius 3 is 3.17 bits per heavy atom. The fourth-order valence-corrected chi connectivity index (χ4v) is 1.56. The van der Waals surface area contributed by atoms with Crippen LogP contribution in [0.3, 0.4) is 0 Å². The highest BCUT2D eigenvalue weighted by Crippen LogP contribution is 2.07. The summed E-state index contributed by atoms with van der Waals surface area (Å²) < 4.78 is 6.64. The average molecular weight is 246 g/mol. The van der Waals surface area contributed by atoms with Gasteiger partial charge in [0.05, 0.1) is 12.7 Å². The molecular weight excluding hydrogens is 236 g/mol. The van der Waals surface area contributed by atoms with E-state index < -0.39 is 0 Å². The van der Waals surface area contributed by atoms with Crippen LogP contribution >= 0.6 is 0 Å². The lowest BCUT2D eigenvalue weighted by atomic mass is 10.5. The largest absolute Gasteiger partial charge is 0.444 e. The molecule has 3 aromatic heterocycles. The number of H-pyrrole nitrogens is 1. The van der Waals surface area contributed by atoms with Gasteiger partial charge in [-0.25, -0.2) is 24.3 Å². The summed E-state index contributed by atoms with van der Waals surface area (Å²) in [5, 5.41) is 9.22. The van der Waals surface area contributed by atoms with Gasteiger partial charge >= 0.3 is 5.69 Å². The summed E-state index contributed by atoms with van der Waals surface area (Å²) in [5.41, 5.74) is 0.188. The first kappa shape index (κ1) is 10.5. The molecule has 0 amide bonds. The Morgan fingerprint density at radius 1 is 1.50 bits per heavy atom. The lowest BCUT2D eigenvalue weighted by Gasteiger charge is -2.02. The number of aromatic amines is 1. The van der Waals surface area contributed by atoms with E-state index in [9.17, 15) is 4.79 Å². The van der Waals surface area contributed by atoms with Crippen molar-refractivity contribution >= 4 is 11.5 Å². The van der Waals surface area contributed by atoms with Crippen LogP contribution in [-0.4, -0.2) is 24.6 Å². The number of aryl methyl sites for hydroxylation is 1. The first-order chi connectivity index (χ1) is 8.72. The van der Waals surface area contributed by atoms with Crippen LogP contribution in [0.5, 0.6) is 0 Å². The molecule has 0 aliphatic rings. The number of anilines is 1. The lowest BCUT2D eigenvalue weighted by molar-refractivity contribution is 0.479. The SMILES string of the molecule is Cc1cnc(CNc2cc3n[nH]c(=O)n3cn2)o1. The molecule has 0 atom stereocenters. The molecule has 0 fully saturated rings. The lowest BCUT2D eigenvalue weighted by Crippen LogP contribution is -2.10. The molecule has 0 aromatic carbocycles. The number of aromatic nitrogens is 5. The molecule has 0 unspecified atom stereocenters. The van der Waals surface area contributed by atoms with Crippen molar-refractivity contribution in [1.29, 1.82) is 0 Å². The van der Waals surface area contributed by atoms with Crippen LogP contribution in [0.4, 0.5) is 5.82 Å². The number of oxazole rings is 1. The van der Waals surface area contributed by atoms with E-state index in [1.165, 1.54) is 10.7 Å². The Labute approximate surface area is 101 Å². The minimum atomic E-state index is -0.313. The highest BCUT2D eigenvalue weighted by atomic mass is 16.4. The first-order valence-corrected chi connectivity index (χ1v) is 5.30. The van der Waals surface area contributed by atoms with Gasteiger partial charge < -0.3 is 9.73 Å². The maximum absolute atomic E-state index is 11.2. The average Bonchev–Trinajstić information content (AvgIpc) is 2.94. The van der Waals surface area contributed by atoms with Crippen LogP contribution in [0.15, 0.2) is 27.8 Å². The summed E-state index contributed by atoms with van der Waals surface area (Å²) in [6.45, 7) is 2.25. The third-order valence-corrected chi connectivity index (χ3v) is 2.40. The number of rotatable bonds is 3. The molecule has 18 heavy (non-hydrogen) atoms. The van der Waals surface area contributed by atoms with Crippen LogP contribution in [-0.2, 0) is 6.54 Å². The highest BCUT2D eigenvalue weighted by Gasteiger charge is 2.04. The molecule has 0 radical (unpaired) electrons. The van der Waals surface area contributed by atoms with E-state index in [0.29, 0.717) is 23.9 Å². The quantitative estimate of drug-likeness (QED) is 0.690. The summed E-state index contributed by atoms with van der Waals surface area (Å²) in [5.74, 6) is 1.93. The van der Waals surface area contributed by atoms with Crippen LogP contribution in [0.25, 0.3) is 5.65 Å². The maximum atomic E-state index is 11.2. The molecule has 3 rings (SSSR count). The molecular formula is C10H10N6O2. The maximum Gasteiger partial charge on any atom is 0.348 e. The van der Waals surface area contributed by atoms with Gasteiger partial charge in [0.2, 0.25) is 5.89 Å². The van der Waals surface area contributed by atoms with Crippen LogP contribution in [0.2, 0.25) is 0 Å². The third-order valence-electron chi connectivity index (χ3n) is 2.40. The van der Waals surface area contributed by atoms with E-state index in [1.54, 1.807) is 12.3 Å². The minimum absolute atomic E-state index is 0.313. The smallest absolute Gasteiger partial charge is 0.348 e. The number of hydrogen-bond donors (Lipinski definition) is 2. The summed E-state index contributed by atoms with van der Waals surface area (Å²) in [6.07, 6.45) is 3.06. The van der Waals surface area contributed by atoms with Crippen molar-refractivity contribution in [2.75, 3.05) is 5.32 Å². The Kier molecular flexibility index (Phi) is 2.33. The number of fused-ring (bicyclic) bond motifs is 1. The Balaban J connectivity index is 1.80. The zero-order chi connectivity index (χ0) is 12.5. The van der Waals surface area contributed by atoms with Gasteiger partial charge in [-0.2, -0.15) is 5.10 Å². The number of nitrogens with one attached hydrogen (secondary N) is 2. The summed E-state index contributed by atoms with van der Waals surface area (Å²) in [4.78, 5) is 19.4.